The fourth-order valence-electron chi connectivity index (χ4n) is 2.28. The molecule has 138 valence electrons. The van der Waals surface area contributed by atoms with Crippen molar-refractivity contribution in [1.29, 1.82) is 0 Å². The summed E-state index contributed by atoms with van der Waals surface area (Å²) < 4.78 is 10.6. The van der Waals surface area contributed by atoms with E-state index >= 15 is 0 Å². The fourth-order valence-corrected chi connectivity index (χ4v) is 2.28. The Morgan fingerprint density at radius 1 is 0.885 bits per heavy atom. The van der Waals surface area contributed by atoms with E-state index in [4.69, 9.17) is 9.47 Å². The van der Waals surface area contributed by atoms with Crippen LogP contribution in [0.25, 0.3) is 0 Å². The quantitative estimate of drug-likeness (QED) is 0.761. The number of amides is 1. The molecule has 0 radical (unpaired) electrons. The molecule has 0 aliphatic heterocycles. The number of benzene rings is 2. The van der Waals surface area contributed by atoms with Crippen LogP contribution in [-0.4, -0.2) is 17.6 Å². The van der Waals surface area contributed by atoms with Gasteiger partial charge in [0, 0.05) is 0 Å². The van der Waals surface area contributed by atoms with Gasteiger partial charge in [0.05, 0.1) is 0 Å². The van der Waals surface area contributed by atoms with Crippen molar-refractivity contribution < 1.29 is 19.1 Å². The van der Waals surface area contributed by atoms with Crippen molar-refractivity contribution in [2.24, 2.45) is 5.92 Å². The van der Waals surface area contributed by atoms with Gasteiger partial charge in [0.1, 0.15) is 18.8 Å². The average molecular weight is 355 g/mol. The zero-order chi connectivity index (χ0) is 19.0. The molecular formula is C21H25NO4. The second-order valence-corrected chi connectivity index (χ2v) is 6.61. The zero-order valence-electron chi connectivity index (χ0n) is 15.4. The topological polar surface area (TPSA) is 64.6 Å². The Balaban J connectivity index is 1.94. The average Bonchev–Trinajstić information content (AvgIpc) is 2.65. The Morgan fingerprint density at radius 3 is 1.81 bits per heavy atom. The highest BCUT2D eigenvalue weighted by Gasteiger charge is 2.40. The summed E-state index contributed by atoms with van der Waals surface area (Å²) in [5, 5.41) is 2.66. The van der Waals surface area contributed by atoms with Gasteiger partial charge >= 0.3 is 12.1 Å². The monoisotopic (exact) mass is 355 g/mol. The van der Waals surface area contributed by atoms with E-state index in [1.54, 1.807) is 6.92 Å². The molecule has 0 spiro atoms. The van der Waals surface area contributed by atoms with E-state index in [2.05, 4.69) is 5.32 Å². The van der Waals surface area contributed by atoms with E-state index in [0.29, 0.717) is 0 Å². The number of hydrogen-bond acceptors (Lipinski definition) is 4. The molecule has 1 N–H and O–H groups in total. The van der Waals surface area contributed by atoms with Crippen LogP contribution >= 0.6 is 0 Å². The lowest BCUT2D eigenvalue weighted by Crippen LogP contribution is -2.56. The van der Waals surface area contributed by atoms with Crippen LogP contribution in [0.3, 0.4) is 0 Å². The lowest BCUT2D eigenvalue weighted by atomic mass is 9.88. The minimum Gasteiger partial charge on any atom is -0.459 e. The second-order valence-electron chi connectivity index (χ2n) is 6.61. The molecule has 2 aromatic rings. The normalized spacial score (nSPS) is 12.9. The van der Waals surface area contributed by atoms with Gasteiger partial charge in [0.2, 0.25) is 0 Å². The molecule has 0 saturated heterocycles. The van der Waals surface area contributed by atoms with Gasteiger partial charge in [-0.3, -0.25) is 0 Å². The minimum absolute atomic E-state index is 0.139. The van der Waals surface area contributed by atoms with Crippen molar-refractivity contribution in [2.75, 3.05) is 0 Å². The van der Waals surface area contributed by atoms with E-state index in [9.17, 15) is 9.59 Å². The number of carbonyl (C=O) groups is 2. The van der Waals surface area contributed by atoms with E-state index in [0.717, 1.165) is 11.1 Å². The number of carbonyl (C=O) groups excluding carboxylic acids is 2. The van der Waals surface area contributed by atoms with E-state index in [1.807, 2.05) is 74.5 Å². The number of nitrogens with one attached hydrogen (secondary N) is 1. The minimum atomic E-state index is -1.18. The molecule has 2 aromatic carbocycles. The molecule has 0 heterocycles. The van der Waals surface area contributed by atoms with Crippen molar-refractivity contribution in [3.05, 3.63) is 71.8 Å². The first kappa shape index (κ1) is 19.5. The summed E-state index contributed by atoms with van der Waals surface area (Å²) in [7, 11) is 0. The molecular weight excluding hydrogens is 330 g/mol. The van der Waals surface area contributed by atoms with E-state index in [1.165, 1.54) is 0 Å². The van der Waals surface area contributed by atoms with Gasteiger partial charge in [-0.25, -0.2) is 9.59 Å². The number of ether oxygens (including phenoxy) is 2. The van der Waals surface area contributed by atoms with Crippen LogP contribution in [0.4, 0.5) is 4.79 Å². The molecule has 26 heavy (non-hydrogen) atoms. The summed E-state index contributed by atoms with van der Waals surface area (Å²) in [6.45, 7) is 5.64. The van der Waals surface area contributed by atoms with Crippen LogP contribution in [0, 0.1) is 5.92 Å². The first-order chi connectivity index (χ1) is 12.4. The van der Waals surface area contributed by atoms with E-state index in [-0.39, 0.29) is 19.1 Å². The van der Waals surface area contributed by atoms with Crippen molar-refractivity contribution in [2.45, 2.75) is 39.5 Å². The maximum absolute atomic E-state index is 12.6. The third-order valence-electron chi connectivity index (χ3n) is 4.37. The molecule has 0 saturated carbocycles. The fraction of sp³-hybridized carbons (Fsp3) is 0.333. The number of hydrogen-bond donors (Lipinski definition) is 1. The Morgan fingerprint density at radius 2 is 1.35 bits per heavy atom. The molecule has 5 nitrogen and oxygen atoms in total. The van der Waals surface area contributed by atoms with Gasteiger partial charge in [-0.15, -0.1) is 0 Å². The number of rotatable bonds is 7. The third-order valence-corrected chi connectivity index (χ3v) is 4.37. The first-order valence-corrected chi connectivity index (χ1v) is 8.62. The zero-order valence-corrected chi connectivity index (χ0v) is 15.4. The molecule has 0 aliphatic rings. The molecule has 1 unspecified atom stereocenters. The lowest BCUT2D eigenvalue weighted by Gasteiger charge is -2.31. The maximum Gasteiger partial charge on any atom is 0.408 e. The summed E-state index contributed by atoms with van der Waals surface area (Å²) in [6.07, 6.45) is -0.651. The molecule has 0 bridgehead atoms. The summed E-state index contributed by atoms with van der Waals surface area (Å²) in [5.41, 5.74) is 0.585. The number of esters is 1. The maximum atomic E-state index is 12.6. The standard InChI is InChI=1S/C21H25NO4/c1-16(2)21(3,19(23)25-14-17-10-6-4-7-11-17)22-20(24)26-15-18-12-8-5-9-13-18/h4-13,16H,14-15H2,1-3H3,(H,22,24). The number of alkyl carbamates (subject to hydrolysis) is 1. The van der Waals surface area contributed by atoms with Crippen molar-refractivity contribution in [1.82, 2.24) is 5.32 Å². The summed E-state index contributed by atoms with van der Waals surface area (Å²) in [5.74, 6) is -0.664. The smallest absolute Gasteiger partial charge is 0.408 e. The largest absolute Gasteiger partial charge is 0.459 e. The Bertz CT molecular complexity index is 715. The van der Waals surface area contributed by atoms with Crippen molar-refractivity contribution in [3.63, 3.8) is 0 Å². The highest BCUT2D eigenvalue weighted by Crippen LogP contribution is 2.20. The predicted octanol–water partition coefficient (Wildman–Crippen LogP) is 4.07. The molecule has 2 rings (SSSR count). The molecule has 0 aliphatic carbocycles. The summed E-state index contributed by atoms with van der Waals surface area (Å²) in [4.78, 5) is 24.8. The van der Waals surface area contributed by atoms with Crippen LogP contribution in [0.2, 0.25) is 0 Å². The molecule has 0 aromatic heterocycles. The summed E-state index contributed by atoms with van der Waals surface area (Å²) >= 11 is 0. The second kappa shape index (κ2) is 9.04. The summed E-state index contributed by atoms with van der Waals surface area (Å²) in [6, 6.07) is 18.8. The SMILES string of the molecule is CC(C)C(C)(NC(=O)OCc1ccccc1)C(=O)OCc1ccccc1. The molecule has 5 heteroatoms. The van der Waals surface area contributed by atoms with Crippen LogP contribution in [0.5, 0.6) is 0 Å². The van der Waals surface area contributed by atoms with Crippen molar-refractivity contribution >= 4 is 12.1 Å². The Labute approximate surface area is 154 Å². The van der Waals surface area contributed by atoms with Crippen molar-refractivity contribution in [3.8, 4) is 0 Å². The van der Waals surface area contributed by atoms with Gasteiger partial charge in [-0.1, -0.05) is 74.5 Å². The highest BCUT2D eigenvalue weighted by molar-refractivity contribution is 5.85. The molecule has 1 amide bonds. The highest BCUT2D eigenvalue weighted by atomic mass is 16.6. The third kappa shape index (κ3) is 5.34. The Kier molecular flexibility index (Phi) is 6.78. The Hall–Kier alpha value is -2.82. The van der Waals surface area contributed by atoms with Crippen LogP contribution < -0.4 is 5.32 Å². The lowest BCUT2D eigenvalue weighted by molar-refractivity contribution is -0.154. The van der Waals surface area contributed by atoms with Gasteiger partial charge in [-0.2, -0.15) is 0 Å². The van der Waals surface area contributed by atoms with Crippen LogP contribution in [-0.2, 0) is 27.5 Å². The van der Waals surface area contributed by atoms with Gasteiger partial charge in [0.25, 0.3) is 0 Å². The first-order valence-electron chi connectivity index (χ1n) is 8.62. The van der Waals surface area contributed by atoms with Gasteiger partial charge < -0.3 is 14.8 Å². The van der Waals surface area contributed by atoms with Crippen LogP contribution in [0.15, 0.2) is 60.7 Å². The van der Waals surface area contributed by atoms with Crippen LogP contribution in [0.1, 0.15) is 31.9 Å². The molecule has 0 fully saturated rings. The van der Waals surface area contributed by atoms with Gasteiger partial charge in [0.15, 0.2) is 0 Å². The predicted molar refractivity (Wildman–Crippen MR) is 99.2 cm³/mol. The van der Waals surface area contributed by atoms with E-state index < -0.39 is 17.6 Å². The molecule has 1 atom stereocenters. The van der Waals surface area contributed by atoms with Gasteiger partial charge in [-0.05, 0) is 24.0 Å².